The second-order valence-electron chi connectivity index (χ2n) is 9.27. The number of alkyl halides is 3. The Hall–Kier alpha value is -0.830. The van der Waals surface area contributed by atoms with Crippen molar-refractivity contribution < 1.29 is 26.9 Å². The molecule has 146 valence electrons. The molecule has 0 aromatic rings. The van der Waals surface area contributed by atoms with E-state index >= 15 is 0 Å². The zero-order chi connectivity index (χ0) is 19.5. The quantitative estimate of drug-likeness (QED) is 0.781. The van der Waals surface area contributed by atoms with Gasteiger partial charge in [-0.3, -0.25) is 0 Å². The summed E-state index contributed by atoms with van der Waals surface area (Å²) in [6.45, 7) is 10.0. The maximum atomic E-state index is 13.5. The molecule has 0 heterocycles. The number of carbonyl (C=O) groups is 1. The molecular formula is C16H27F3N2O3S. The number of alkyl carbamates (subject to hydrolysis) is 1. The zero-order valence-corrected chi connectivity index (χ0v) is 16.3. The molecule has 3 aliphatic rings. The van der Waals surface area contributed by atoms with Crippen LogP contribution in [0.3, 0.4) is 0 Å². The molecule has 2 bridgehead atoms. The molecule has 9 heteroatoms. The van der Waals surface area contributed by atoms with Crippen LogP contribution >= 0.6 is 0 Å². The molecule has 2 N–H and O–H groups in total. The lowest BCUT2D eigenvalue weighted by Gasteiger charge is -2.72. The molecule has 2 unspecified atom stereocenters. The minimum Gasteiger partial charge on any atom is -0.444 e. The summed E-state index contributed by atoms with van der Waals surface area (Å²) in [6.07, 6.45) is -4.50. The van der Waals surface area contributed by atoms with Crippen LogP contribution in [0.4, 0.5) is 18.0 Å². The number of carbonyl (C=O) groups excluding carboxylic acids is 1. The predicted molar refractivity (Wildman–Crippen MR) is 89.3 cm³/mol. The average Bonchev–Trinajstić information content (AvgIpc) is 2.23. The Morgan fingerprint density at radius 3 is 1.92 bits per heavy atom. The highest BCUT2D eigenvalue weighted by molar-refractivity contribution is 7.84. The van der Waals surface area contributed by atoms with Crippen LogP contribution < -0.4 is 10.0 Å². The predicted octanol–water partition coefficient (Wildman–Crippen LogP) is 3.42. The van der Waals surface area contributed by atoms with Crippen LogP contribution in [-0.4, -0.2) is 38.4 Å². The first-order chi connectivity index (χ1) is 11.0. The van der Waals surface area contributed by atoms with Crippen molar-refractivity contribution >= 4 is 17.1 Å². The SMILES string of the molecule is CC(C)(C)OC(=O)NC12CC(C(NS(=O)C(C)(C)C)C(F)(F)F)(C1)C2. The maximum absolute atomic E-state index is 13.5. The molecule has 2 atom stereocenters. The second kappa shape index (κ2) is 5.84. The van der Waals surface area contributed by atoms with E-state index in [2.05, 4.69) is 10.0 Å². The normalized spacial score (nSPS) is 31.4. The molecule has 3 fully saturated rings. The summed E-state index contributed by atoms with van der Waals surface area (Å²) < 4.78 is 59.3. The lowest BCUT2D eigenvalue weighted by Crippen LogP contribution is -2.81. The third-order valence-corrected chi connectivity index (χ3v) is 6.12. The van der Waals surface area contributed by atoms with Crippen LogP contribution in [0, 0.1) is 5.41 Å². The minimum absolute atomic E-state index is 0.206. The highest BCUT2D eigenvalue weighted by Gasteiger charge is 2.75. The summed E-state index contributed by atoms with van der Waals surface area (Å²) in [5, 5.41) is 2.70. The van der Waals surface area contributed by atoms with Crippen LogP contribution in [-0.2, 0) is 15.7 Å². The fourth-order valence-electron chi connectivity index (χ4n) is 3.65. The highest BCUT2D eigenvalue weighted by Crippen LogP contribution is 2.70. The Balaban J connectivity index is 2.01. The lowest BCUT2D eigenvalue weighted by atomic mass is 9.37. The summed E-state index contributed by atoms with van der Waals surface area (Å²) in [4.78, 5) is 11.9. The third kappa shape index (κ3) is 4.30. The van der Waals surface area contributed by atoms with E-state index in [9.17, 15) is 22.2 Å². The van der Waals surface area contributed by atoms with E-state index < -0.39 is 50.6 Å². The first-order valence-electron chi connectivity index (χ1n) is 8.24. The molecule has 3 aliphatic carbocycles. The van der Waals surface area contributed by atoms with Gasteiger partial charge in [0.1, 0.15) is 11.6 Å². The molecule has 0 saturated heterocycles. The van der Waals surface area contributed by atoms with Crippen molar-refractivity contribution in [3.63, 3.8) is 0 Å². The van der Waals surface area contributed by atoms with Crippen LogP contribution in [0.25, 0.3) is 0 Å². The summed E-state index contributed by atoms with van der Waals surface area (Å²) in [6, 6.07) is -1.85. The Bertz CT molecular complexity index is 559. The molecule has 0 aromatic carbocycles. The largest absolute Gasteiger partial charge is 0.444 e. The maximum Gasteiger partial charge on any atom is 0.408 e. The van der Waals surface area contributed by atoms with E-state index in [1.54, 1.807) is 41.5 Å². The number of halogens is 3. The van der Waals surface area contributed by atoms with Gasteiger partial charge in [-0.1, -0.05) is 0 Å². The van der Waals surface area contributed by atoms with E-state index in [1.807, 2.05) is 0 Å². The van der Waals surface area contributed by atoms with Crippen molar-refractivity contribution in [1.29, 1.82) is 0 Å². The van der Waals surface area contributed by atoms with Gasteiger partial charge in [0, 0.05) is 11.0 Å². The topological polar surface area (TPSA) is 67.4 Å². The number of hydrogen-bond acceptors (Lipinski definition) is 3. The van der Waals surface area contributed by atoms with Gasteiger partial charge in [-0.05, 0) is 60.8 Å². The molecule has 0 aliphatic heterocycles. The van der Waals surface area contributed by atoms with Crippen molar-refractivity contribution in [2.45, 2.75) is 88.9 Å². The molecule has 3 rings (SSSR count). The molecule has 0 spiro atoms. The van der Waals surface area contributed by atoms with Gasteiger partial charge >= 0.3 is 12.3 Å². The summed E-state index contributed by atoms with van der Waals surface area (Å²) in [5.41, 5.74) is -2.30. The molecule has 0 aromatic heterocycles. The molecule has 1 amide bonds. The summed E-state index contributed by atoms with van der Waals surface area (Å²) >= 11 is 0. The Kier molecular flexibility index (Phi) is 4.78. The van der Waals surface area contributed by atoms with Gasteiger partial charge in [-0.15, -0.1) is 0 Å². The van der Waals surface area contributed by atoms with Gasteiger partial charge in [-0.2, -0.15) is 13.2 Å². The van der Waals surface area contributed by atoms with E-state index in [-0.39, 0.29) is 19.3 Å². The van der Waals surface area contributed by atoms with Gasteiger partial charge in [0.15, 0.2) is 0 Å². The number of rotatable bonds is 4. The number of ether oxygens (including phenoxy) is 1. The highest BCUT2D eigenvalue weighted by atomic mass is 32.2. The Labute approximate surface area is 149 Å². The van der Waals surface area contributed by atoms with Crippen molar-refractivity contribution in [2.75, 3.05) is 0 Å². The van der Waals surface area contributed by atoms with Gasteiger partial charge in [0.2, 0.25) is 0 Å². The van der Waals surface area contributed by atoms with Crippen molar-refractivity contribution in [3.05, 3.63) is 0 Å². The fraction of sp³-hybridized carbons (Fsp3) is 0.938. The van der Waals surface area contributed by atoms with Crippen LogP contribution in [0.15, 0.2) is 0 Å². The van der Waals surface area contributed by atoms with Crippen LogP contribution in [0.1, 0.15) is 60.8 Å². The summed E-state index contributed by atoms with van der Waals surface area (Å²) in [5.74, 6) is 0. The van der Waals surface area contributed by atoms with Crippen LogP contribution in [0.2, 0.25) is 0 Å². The standard InChI is InChI=1S/C16H27F3N2O3S/c1-12(2,3)24-11(22)20-15-7-14(8-15,9-15)10(16(17,18)19)21-25(23)13(4,5)6/h10,21H,7-9H2,1-6H3,(H,20,22). The van der Waals surface area contributed by atoms with Gasteiger partial charge < -0.3 is 10.1 Å². The van der Waals surface area contributed by atoms with E-state index in [1.165, 1.54) is 0 Å². The monoisotopic (exact) mass is 384 g/mol. The van der Waals surface area contributed by atoms with E-state index in [4.69, 9.17) is 4.74 Å². The smallest absolute Gasteiger partial charge is 0.408 e. The number of amides is 1. The average molecular weight is 384 g/mol. The molecule has 0 radical (unpaired) electrons. The molecule has 3 saturated carbocycles. The number of nitrogens with one attached hydrogen (secondary N) is 2. The van der Waals surface area contributed by atoms with E-state index in [0.29, 0.717) is 0 Å². The first-order valence-corrected chi connectivity index (χ1v) is 9.39. The van der Waals surface area contributed by atoms with Crippen LogP contribution in [0.5, 0.6) is 0 Å². The molecular weight excluding hydrogens is 357 g/mol. The van der Waals surface area contributed by atoms with Crippen molar-refractivity contribution in [1.82, 2.24) is 10.0 Å². The number of hydrogen-bond donors (Lipinski definition) is 2. The molecule has 25 heavy (non-hydrogen) atoms. The first kappa shape index (κ1) is 20.5. The van der Waals surface area contributed by atoms with Gasteiger partial charge in [0.05, 0.1) is 15.7 Å². The lowest BCUT2D eigenvalue weighted by molar-refractivity contribution is -0.255. The van der Waals surface area contributed by atoms with Crippen molar-refractivity contribution in [2.24, 2.45) is 5.41 Å². The molecule has 5 nitrogen and oxygen atoms in total. The Morgan fingerprint density at radius 2 is 1.56 bits per heavy atom. The third-order valence-electron chi connectivity index (χ3n) is 4.56. The summed E-state index contributed by atoms with van der Waals surface area (Å²) in [7, 11) is -1.82. The zero-order valence-electron chi connectivity index (χ0n) is 15.5. The fourth-order valence-corrected chi connectivity index (χ4v) is 4.60. The Morgan fingerprint density at radius 1 is 1.08 bits per heavy atom. The van der Waals surface area contributed by atoms with E-state index in [0.717, 1.165) is 0 Å². The van der Waals surface area contributed by atoms with Gasteiger partial charge in [-0.25, -0.2) is 13.7 Å². The minimum atomic E-state index is -4.50. The second-order valence-corrected chi connectivity index (χ2v) is 11.3. The van der Waals surface area contributed by atoms with Gasteiger partial charge in [0.25, 0.3) is 0 Å². The van der Waals surface area contributed by atoms with Crippen molar-refractivity contribution in [3.8, 4) is 0 Å².